The highest BCUT2D eigenvalue weighted by Gasteiger charge is 2.07. The van der Waals surface area contributed by atoms with E-state index in [2.05, 4.69) is 5.10 Å². The summed E-state index contributed by atoms with van der Waals surface area (Å²) in [5.74, 6) is -0.551. The quantitative estimate of drug-likeness (QED) is 0.803. The number of amides is 1. The molecule has 0 atom stereocenters. The van der Waals surface area contributed by atoms with Crippen molar-refractivity contribution in [3.63, 3.8) is 0 Å². The van der Waals surface area contributed by atoms with Crippen molar-refractivity contribution in [3.05, 3.63) is 47.3 Å². The number of thiocarbonyl (C=S) groups is 1. The highest BCUT2D eigenvalue weighted by molar-refractivity contribution is 7.80. The number of carbonyl (C=O) groups excluding carboxylic acids is 1. The number of rotatable bonds is 3. The summed E-state index contributed by atoms with van der Waals surface area (Å²) in [6, 6.07) is 7.13. The smallest absolute Gasteiger partial charge is 0.269 e. The van der Waals surface area contributed by atoms with E-state index >= 15 is 0 Å². The normalized spacial score (nSPS) is 10.3. The zero-order valence-corrected chi connectivity index (χ0v) is 10.6. The molecule has 0 saturated carbocycles. The minimum absolute atomic E-state index is 0.228. The number of carbonyl (C=O) groups is 1. The van der Waals surface area contributed by atoms with Gasteiger partial charge in [0.25, 0.3) is 5.91 Å². The molecule has 0 saturated heterocycles. The summed E-state index contributed by atoms with van der Waals surface area (Å²) in [5, 5.41) is 4.07. The van der Waals surface area contributed by atoms with E-state index in [0.29, 0.717) is 4.99 Å². The van der Waals surface area contributed by atoms with Crippen LogP contribution in [0.5, 0.6) is 0 Å². The number of benzene rings is 1. The van der Waals surface area contributed by atoms with Crippen molar-refractivity contribution in [2.45, 2.75) is 6.92 Å². The molecule has 0 aliphatic rings. The van der Waals surface area contributed by atoms with Gasteiger partial charge >= 0.3 is 0 Å². The molecule has 2 rings (SSSR count). The lowest BCUT2D eigenvalue weighted by atomic mass is 10.1. The lowest BCUT2D eigenvalue weighted by Gasteiger charge is -2.07. The summed E-state index contributed by atoms with van der Waals surface area (Å²) in [6.45, 7) is 1.91. The summed E-state index contributed by atoms with van der Waals surface area (Å²) in [7, 11) is 0. The molecule has 0 fully saturated rings. The molecule has 0 spiro atoms. The minimum atomic E-state index is -0.551. The van der Waals surface area contributed by atoms with Crippen LogP contribution in [0.15, 0.2) is 30.5 Å². The first kappa shape index (κ1) is 12.3. The first-order chi connectivity index (χ1) is 8.49. The third kappa shape index (κ3) is 2.23. The minimum Gasteiger partial charge on any atom is -0.389 e. The first-order valence-electron chi connectivity index (χ1n) is 5.25. The number of aryl methyl sites for hydroxylation is 1. The van der Waals surface area contributed by atoms with Gasteiger partial charge in [0.1, 0.15) is 10.7 Å². The second-order valence-corrected chi connectivity index (χ2v) is 4.31. The molecule has 18 heavy (non-hydrogen) atoms. The molecule has 0 radical (unpaired) electrons. The van der Waals surface area contributed by atoms with Crippen molar-refractivity contribution in [1.29, 1.82) is 0 Å². The Balaban J connectivity index is 2.42. The average molecular weight is 260 g/mol. The van der Waals surface area contributed by atoms with Gasteiger partial charge in [0, 0.05) is 11.8 Å². The van der Waals surface area contributed by atoms with Crippen LogP contribution in [0.3, 0.4) is 0 Å². The summed E-state index contributed by atoms with van der Waals surface area (Å²) in [6.07, 6.45) is 1.68. The maximum absolute atomic E-state index is 11.0. The summed E-state index contributed by atoms with van der Waals surface area (Å²) in [4.78, 5) is 11.3. The van der Waals surface area contributed by atoms with E-state index in [-0.39, 0.29) is 5.69 Å². The standard InChI is InChI=1S/C12H12N4OS/c1-7-6-8(2-3-9(7)12(14)18)16-5-4-10(15-16)11(13)17/h2-6H,1H3,(H2,13,17)(H2,14,18). The zero-order chi connectivity index (χ0) is 13.3. The molecule has 5 nitrogen and oxygen atoms in total. The van der Waals surface area contributed by atoms with E-state index in [1.807, 2.05) is 25.1 Å². The fourth-order valence-corrected chi connectivity index (χ4v) is 1.89. The lowest BCUT2D eigenvalue weighted by Crippen LogP contribution is -2.13. The monoisotopic (exact) mass is 260 g/mol. The van der Waals surface area contributed by atoms with Crippen molar-refractivity contribution in [3.8, 4) is 5.69 Å². The van der Waals surface area contributed by atoms with Gasteiger partial charge in [-0.05, 0) is 36.8 Å². The summed E-state index contributed by atoms with van der Waals surface area (Å²) in [5.41, 5.74) is 13.6. The summed E-state index contributed by atoms with van der Waals surface area (Å²) >= 11 is 4.94. The van der Waals surface area contributed by atoms with Crippen molar-refractivity contribution in [2.75, 3.05) is 0 Å². The van der Waals surface area contributed by atoms with Gasteiger partial charge in [0.15, 0.2) is 0 Å². The van der Waals surface area contributed by atoms with Crippen LogP contribution in [0.4, 0.5) is 0 Å². The number of aromatic nitrogens is 2. The van der Waals surface area contributed by atoms with Crippen LogP contribution in [0, 0.1) is 6.92 Å². The van der Waals surface area contributed by atoms with Gasteiger partial charge < -0.3 is 11.5 Å². The number of nitrogens with zero attached hydrogens (tertiary/aromatic N) is 2. The van der Waals surface area contributed by atoms with Gasteiger partial charge in [-0.3, -0.25) is 4.79 Å². The van der Waals surface area contributed by atoms with Crippen molar-refractivity contribution < 1.29 is 4.79 Å². The molecule has 6 heteroatoms. The molecular formula is C12H12N4OS. The van der Waals surface area contributed by atoms with Gasteiger partial charge in [0.05, 0.1) is 5.69 Å². The molecular weight excluding hydrogens is 248 g/mol. The van der Waals surface area contributed by atoms with Gasteiger partial charge in [-0.15, -0.1) is 0 Å². The Bertz CT molecular complexity index is 633. The van der Waals surface area contributed by atoms with Crippen LogP contribution in [-0.4, -0.2) is 20.7 Å². The molecule has 92 valence electrons. The molecule has 0 aliphatic heterocycles. The topological polar surface area (TPSA) is 86.9 Å². The van der Waals surface area contributed by atoms with E-state index < -0.39 is 5.91 Å². The number of nitrogens with two attached hydrogens (primary N) is 2. The molecule has 0 unspecified atom stereocenters. The third-order valence-electron chi connectivity index (χ3n) is 2.58. The highest BCUT2D eigenvalue weighted by atomic mass is 32.1. The maximum atomic E-state index is 11.0. The lowest BCUT2D eigenvalue weighted by molar-refractivity contribution is 0.0995. The first-order valence-corrected chi connectivity index (χ1v) is 5.66. The van der Waals surface area contributed by atoms with Crippen molar-refractivity contribution in [2.24, 2.45) is 11.5 Å². The molecule has 1 heterocycles. The van der Waals surface area contributed by atoms with Crippen LogP contribution in [0.2, 0.25) is 0 Å². The zero-order valence-electron chi connectivity index (χ0n) is 9.75. The average Bonchev–Trinajstić information content (AvgIpc) is 2.77. The van der Waals surface area contributed by atoms with Gasteiger partial charge in [-0.1, -0.05) is 12.2 Å². The second kappa shape index (κ2) is 4.58. The molecule has 2 aromatic rings. The fourth-order valence-electron chi connectivity index (χ4n) is 1.67. The van der Waals surface area contributed by atoms with E-state index in [9.17, 15) is 4.79 Å². The predicted molar refractivity (Wildman–Crippen MR) is 72.7 cm³/mol. The Morgan fingerprint density at radius 2 is 2.06 bits per heavy atom. The largest absolute Gasteiger partial charge is 0.389 e. The number of primary amides is 1. The Morgan fingerprint density at radius 1 is 1.33 bits per heavy atom. The Morgan fingerprint density at radius 3 is 2.56 bits per heavy atom. The van der Waals surface area contributed by atoms with Gasteiger partial charge in [-0.2, -0.15) is 5.10 Å². The molecule has 1 aromatic carbocycles. The number of hydrogen-bond acceptors (Lipinski definition) is 3. The van der Waals surface area contributed by atoms with Crippen LogP contribution in [0.1, 0.15) is 21.6 Å². The SMILES string of the molecule is Cc1cc(-n2ccc(C(N)=O)n2)ccc1C(N)=S. The number of hydrogen-bond donors (Lipinski definition) is 2. The van der Waals surface area contributed by atoms with Crippen LogP contribution < -0.4 is 11.5 Å². The van der Waals surface area contributed by atoms with Gasteiger partial charge in [0.2, 0.25) is 0 Å². The van der Waals surface area contributed by atoms with E-state index in [1.54, 1.807) is 16.9 Å². The van der Waals surface area contributed by atoms with Crippen LogP contribution in [-0.2, 0) is 0 Å². The molecule has 1 aromatic heterocycles. The summed E-state index contributed by atoms with van der Waals surface area (Å²) < 4.78 is 1.58. The molecule has 0 aliphatic carbocycles. The predicted octanol–water partition coefficient (Wildman–Crippen LogP) is 0.914. The van der Waals surface area contributed by atoms with Crippen molar-refractivity contribution in [1.82, 2.24) is 9.78 Å². The molecule has 0 bridgehead atoms. The van der Waals surface area contributed by atoms with Crippen LogP contribution in [0.25, 0.3) is 5.69 Å². The Hall–Kier alpha value is -2.21. The highest BCUT2D eigenvalue weighted by Crippen LogP contribution is 2.14. The van der Waals surface area contributed by atoms with Gasteiger partial charge in [-0.25, -0.2) is 4.68 Å². The third-order valence-corrected chi connectivity index (χ3v) is 2.80. The molecule has 4 N–H and O–H groups in total. The Kier molecular flexibility index (Phi) is 3.12. The van der Waals surface area contributed by atoms with E-state index in [1.165, 1.54) is 0 Å². The van der Waals surface area contributed by atoms with E-state index in [4.69, 9.17) is 23.7 Å². The second-order valence-electron chi connectivity index (χ2n) is 3.87. The van der Waals surface area contributed by atoms with Crippen molar-refractivity contribution >= 4 is 23.1 Å². The fraction of sp³-hybridized carbons (Fsp3) is 0.0833. The van der Waals surface area contributed by atoms with Crippen LogP contribution >= 0.6 is 12.2 Å². The van der Waals surface area contributed by atoms with E-state index in [0.717, 1.165) is 16.8 Å². The Labute approximate surface area is 109 Å². The maximum Gasteiger partial charge on any atom is 0.269 e. The molecule has 1 amide bonds.